The molecule has 0 spiro atoms. The molecule has 0 bridgehead atoms. The lowest BCUT2D eigenvalue weighted by Crippen LogP contribution is -2.06. The number of rotatable bonds is 5. The minimum absolute atomic E-state index is 0.0702. The second-order valence-corrected chi connectivity index (χ2v) is 3.86. The molecule has 0 N–H and O–H groups in total. The highest BCUT2D eigenvalue weighted by molar-refractivity contribution is 9.09. The van der Waals surface area contributed by atoms with E-state index < -0.39 is 22.6 Å². The van der Waals surface area contributed by atoms with Gasteiger partial charge in [0.1, 0.15) is 5.78 Å². The number of nitrogens with zero attached hydrogens (tertiary/aromatic N) is 1. The molecule has 92 valence electrons. The van der Waals surface area contributed by atoms with Crippen molar-refractivity contribution in [2.45, 2.75) is 12.8 Å². The van der Waals surface area contributed by atoms with Crippen LogP contribution in [0.3, 0.4) is 0 Å². The highest BCUT2D eigenvalue weighted by Crippen LogP contribution is 2.27. The van der Waals surface area contributed by atoms with Gasteiger partial charge >= 0.3 is 0 Å². The summed E-state index contributed by atoms with van der Waals surface area (Å²) in [5.74, 6) is -0.252. The minimum atomic E-state index is -2.77. The fraction of sp³-hybridized carbons (Fsp3) is 0.300. The third-order valence-corrected chi connectivity index (χ3v) is 2.72. The molecule has 4 nitrogen and oxygen atoms in total. The summed E-state index contributed by atoms with van der Waals surface area (Å²) in [6, 6.07) is 3.09. The van der Waals surface area contributed by atoms with Crippen molar-refractivity contribution in [2.75, 3.05) is 5.33 Å². The highest BCUT2D eigenvalue weighted by Gasteiger charge is 2.19. The van der Waals surface area contributed by atoms with Crippen LogP contribution in [0.2, 0.25) is 0 Å². The summed E-state index contributed by atoms with van der Waals surface area (Å²) < 4.78 is 24.7. The lowest BCUT2D eigenvalue weighted by molar-refractivity contribution is -0.385. The summed E-state index contributed by atoms with van der Waals surface area (Å²) in [5.41, 5.74) is -0.729. The van der Waals surface area contributed by atoms with Gasteiger partial charge in [-0.1, -0.05) is 28.1 Å². The quantitative estimate of drug-likeness (QED) is 0.477. The molecule has 0 fully saturated rings. The lowest BCUT2D eigenvalue weighted by atomic mass is 10.0. The van der Waals surface area contributed by atoms with Crippen molar-refractivity contribution in [3.8, 4) is 0 Å². The number of halogens is 3. The standard InChI is InChI=1S/C10H8BrF2NO3/c11-5-8(15)3-6-1-2-7(10(12)13)4-9(6)14(16)17/h1-2,4,10H,3,5H2. The Morgan fingerprint density at radius 1 is 1.47 bits per heavy atom. The summed E-state index contributed by atoms with van der Waals surface area (Å²) in [6.45, 7) is 0. The molecule has 0 radical (unpaired) electrons. The Labute approximate surface area is 104 Å². The first-order valence-electron chi connectivity index (χ1n) is 4.58. The van der Waals surface area contributed by atoms with Gasteiger partial charge in [0.2, 0.25) is 0 Å². The van der Waals surface area contributed by atoms with Crippen LogP contribution in [0.25, 0.3) is 0 Å². The predicted molar refractivity (Wildman–Crippen MR) is 60.6 cm³/mol. The maximum atomic E-state index is 12.4. The number of ketones is 1. The van der Waals surface area contributed by atoms with Crippen molar-refractivity contribution in [3.05, 3.63) is 39.4 Å². The van der Waals surface area contributed by atoms with Crippen LogP contribution < -0.4 is 0 Å². The van der Waals surface area contributed by atoms with Crippen LogP contribution in [-0.4, -0.2) is 16.0 Å². The van der Waals surface area contributed by atoms with Crippen LogP contribution in [0.1, 0.15) is 17.6 Å². The number of carbonyl (C=O) groups is 1. The van der Waals surface area contributed by atoms with Crippen LogP contribution in [0.15, 0.2) is 18.2 Å². The molecule has 7 heteroatoms. The zero-order chi connectivity index (χ0) is 13.0. The Hall–Kier alpha value is -1.37. The molecule has 0 aromatic heterocycles. The summed E-state index contributed by atoms with van der Waals surface area (Å²) >= 11 is 2.93. The van der Waals surface area contributed by atoms with E-state index in [2.05, 4.69) is 15.9 Å². The van der Waals surface area contributed by atoms with Gasteiger partial charge in [0, 0.05) is 23.6 Å². The maximum Gasteiger partial charge on any atom is 0.273 e. The van der Waals surface area contributed by atoms with E-state index in [9.17, 15) is 23.7 Å². The highest BCUT2D eigenvalue weighted by atomic mass is 79.9. The molecule has 17 heavy (non-hydrogen) atoms. The molecule has 0 saturated carbocycles. The van der Waals surface area contributed by atoms with Crippen molar-refractivity contribution in [1.82, 2.24) is 0 Å². The Bertz CT molecular complexity index is 451. The number of Topliss-reactive ketones (excluding diaryl/α,β-unsaturated/α-hetero) is 1. The zero-order valence-corrected chi connectivity index (χ0v) is 10.1. The van der Waals surface area contributed by atoms with Crippen molar-refractivity contribution in [2.24, 2.45) is 0 Å². The average Bonchev–Trinajstić information content (AvgIpc) is 2.28. The van der Waals surface area contributed by atoms with Gasteiger partial charge in [-0.2, -0.15) is 0 Å². The van der Waals surface area contributed by atoms with Crippen LogP contribution in [0, 0.1) is 10.1 Å². The average molecular weight is 308 g/mol. The summed E-state index contributed by atoms with van der Waals surface area (Å²) in [6.07, 6.45) is -2.92. The van der Waals surface area contributed by atoms with Gasteiger partial charge in [-0.25, -0.2) is 8.78 Å². The maximum absolute atomic E-state index is 12.4. The van der Waals surface area contributed by atoms with Crippen molar-refractivity contribution >= 4 is 27.4 Å². The monoisotopic (exact) mass is 307 g/mol. The van der Waals surface area contributed by atoms with E-state index in [0.29, 0.717) is 0 Å². The van der Waals surface area contributed by atoms with E-state index in [1.165, 1.54) is 6.07 Å². The van der Waals surface area contributed by atoms with Gasteiger partial charge in [0.05, 0.1) is 10.3 Å². The minimum Gasteiger partial charge on any atom is -0.298 e. The largest absolute Gasteiger partial charge is 0.298 e. The molecule has 1 aromatic rings. The van der Waals surface area contributed by atoms with Crippen LogP contribution >= 0.6 is 15.9 Å². The number of alkyl halides is 3. The van der Waals surface area contributed by atoms with E-state index in [1.807, 2.05) is 0 Å². The molecule has 0 amide bonds. The molecular formula is C10H8BrF2NO3. The van der Waals surface area contributed by atoms with Crippen LogP contribution in [0.5, 0.6) is 0 Å². The predicted octanol–water partition coefficient (Wildman–Crippen LogP) is 3.04. The smallest absolute Gasteiger partial charge is 0.273 e. The molecule has 0 heterocycles. The van der Waals surface area contributed by atoms with E-state index in [4.69, 9.17) is 0 Å². The first-order chi connectivity index (χ1) is 7.95. The summed E-state index contributed by atoms with van der Waals surface area (Å²) in [5, 5.41) is 10.8. The molecule has 0 atom stereocenters. The Kier molecular flexibility index (Phi) is 4.68. The van der Waals surface area contributed by atoms with E-state index >= 15 is 0 Å². The van der Waals surface area contributed by atoms with Gasteiger partial charge in [-0.15, -0.1) is 0 Å². The summed E-state index contributed by atoms with van der Waals surface area (Å²) in [4.78, 5) is 21.1. The molecule has 0 aliphatic carbocycles. The number of nitro groups is 1. The Morgan fingerprint density at radius 3 is 2.59 bits per heavy atom. The third kappa shape index (κ3) is 3.55. The molecule has 0 saturated heterocycles. The van der Waals surface area contributed by atoms with Crippen LogP contribution in [0.4, 0.5) is 14.5 Å². The third-order valence-electron chi connectivity index (χ3n) is 2.09. The Balaban J connectivity index is 3.13. The molecule has 0 unspecified atom stereocenters. The number of hydrogen-bond donors (Lipinski definition) is 0. The van der Waals surface area contributed by atoms with Crippen molar-refractivity contribution in [1.29, 1.82) is 0 Å². The number of benzene rings is 1. The van der Waals surface area contributed by atoms with Gasteiger partial charge in [-0.3, -0.25) is 14.9 Å². The fourth-order valence-electron chi connectivity index (χ4n) is 1.30. The van der Waals surface area contributed by atoms with Gasteiger partial charge in [0.25, 0.3) is 12.1 Å². The molecule has 1 aromatic carbocycles. The van der Waals surface area contributed by atoms with E-state index in [-0.39, 0.29) is 23.1 Å². The number of carbonyl (C=O) groups excluding carboxylic acids is 1. The molecule has 0 aliphatic rings. The van der Waals surface area contributed by atoms with Gasteiger partial charge in [0.15, 0.2) is 0 Å². The van der Waals surface area contributed by atoms with Gasteiger partial charge in [-0.05, 0) is 0 Å². The normalized spacial score (nSPS) is 10.6. The topological polar surface area (TPSA) is 60.2 Å². The zero-order valence-electron chi connectivity index (χ0n) is 8.53. The number of nitro benzene ring substituents is 1. The lowest BCUT2D eigenvalue weighted by Gasteiger charge is -2.04. The van der Waals surface area contributed by atoms with E-state index in [1.54, 1.807) is 0 Å². The van der Waals surface area contributed by atoms with Crippen molar-refractivity contribution < 1.29 is 18.5 Å². The molecular weight excluding hydrogens is 300 g/mol. The Morgan fingerprint density at radius 2 is 2.12 bits per heavy atom. The summed E-state index contributed by atoms with van der Waals surface area (Å²) in [7, 11) is 0. The second-order valence-electron chi connectivity index (χ2n) is 3.30. The fourth-order valence-corrected chi connectivity index (χ4v) is 1.49. The number of hydrogen-bond acceptors (Lipinski definition) is 3. The first-order valence-corrected chi connectivity index (χ1v) is 5.71. The van der Waals surface area contributed by atoms with Crippen LogP contribution in [-0.2, 0) is 11.2 Å². The van der Waals surface area contributed by atoms with E-state index in [0.717, 1.165) is 12.1 Å². The second kappa shape index (κ2) is 5.81. The van der Waals surface area contributed by atoms with Crippen molar-refractivity contribution in [3.63, 3.8) is 0 Å². The first kappa shape index (κ1) is 13.7. The molecule has 0 aliphatic heterocycles. The molecule has 1 rings (SSSR count). The van der Waals surface area contributed by atoms with Gasteiger partial charge < -0.3 is 0 Å². The SMILES string of the molecule is O=C(CBr)Cc1ccc(C(F)F)cc1[N+](=O)[O-].